The molecular formula is C23H23FN2O5S. The van der Waals surface area contributed by atoms with Gasteiger partial charge in [0.15, 0.2) is 0 Å². The molecule has 9 heteroatoms. The first-order valence-corrected chi connectivity index (χ1v) is 11.1. The van der Waals surface area contributed by atoms with Gasteiger partial charge in [-0.1, -0.05) is 12.1 Å². The van der Waals surface area contributed by atoms with E-state index in [9.17, 15) is 17.6 Å². The van der Waals surface area contributed by atoms with E-state index >= 15 is 0 Å². The molecule has 7 nitrogen and oxygen atoms in total. The molecule has 0 radical (unpaired) electrons. The Hall–Kier alpha value is -3.43. The lowest BCUT2D eigenvalue weighted by atomic mass is 10.2. The Morgan fingerprint density at radius 2 is 1.69 bits per heavy atom. The highest BCUT2D eigenvalue weighted by atomic mass is 32.2. The molecule has 0 aliphatic rings. The van der Waals surface area contributed by atoms with Gasteiger partial charge in [-0.3, -0.25) is 9.10 Å². The molecule has 0 aromatic heterocycles. The highest BCUT2D eigenvalue weighted by molar-refractivity contribution is 7.92. The van der Waals surface area contributed by atoms with Crippen LogP contribution in [0.3, 0.4) is 0 Å². The number of benzene rings is 3. The average molecular weight is 459 g/mol. The van der Waals surface area contributed by atoms with Gasteiger partial charge in [-0.25, -0.2) is 12.8 Å². The first-order chi connectivity index (χ1) is 15.3. The summed E-state index contributed by atoms with van der Waals surface area (Å²) in [4.78, 5) is 12.7. The fraction of sp³-hybridized carbons (Fsp3) is 0.174. The van der Waals surface area contributed by atoms with Crippen molar-refractivity contribution in [3.05, 3.63) is 84.2 Å². The summed E-state index contributed by atoms with van der Waals surface area (Å²) < 4.78 is 51.2. The topological polar surface area (TPSA) is 84.9 Å². The molecule has 0 atom stereocenters. The van der Waals surface area contributed by atoms with Gasteiger partial charge in [0.2, 0.25) is 5.91 Å². The molecule has 3 aromatic carbocycles. The molecule has 0 bridgehead atoms. The van der Waals surface area contributed by atoms with Crippen molar-refractivity contribution in [1.29, 1.82) is 0 Å². The minimum atomic E-state index is -4.12. The number of ether oxygens (including phenoxy) is 2. The largest absolute Gasteiger partial charge is 0.497 e. The molecule has 3 rings (SSSR count). The summed E-state index contributed by atoms with van der Waals surface area (Å²) in [6.07, 6.45) is 0. The van der Waals surface area contributed by atoms with Gasteiger partial charge < -0.3 is 14.8 Å². The summed E-state index contributed by atoms with van der Waals surface area (Å²) in [5.41, 5.74) is 1.52. The Labute approximate surface area is 186 Å². The number of methoxy groups -OCH3 is 2. The van der Waals surface area contributed by atoms with Crippen LogP contribution in [0.2, 0.25) is 0 Å². The van der Waals surface area contributed by atoms with Crippen LogP contribution >= 0.6 is 0 Å². The van der Waals surface area contributed by atoms with Gasteiger partial charge in [0.25, 0.3) is 10.0 Å². The van der Waals surface area contributed by atoms with Gasteiger partial charge in [0.05, 0.1) is 24.3 Å². The van der Waals surface area contributed by atoms with Gasteiger partial charge in [-0.05, 0) is 66.2 Å². The second-order valence-corrected chi connectivity index (χ2v) is 8.71. The Kier molecular flexibility index (Phi) is 7.45. The molecule has 1 N–H and O–H groups in total. The predicted octanol–water partition coefficient (Wildman–Crippen LogP) is 3.81. The fourth-order valence-corrected chi connectivity index (χ4v) is 4.45. The third kappa shape index (κ3) is 5.63. The van der Waals surface area contributed by atoms with Crippen LogP contribution < -0.4 is 14.4 Å². The van der Waals surface area contributed by atoms with E-state index < -0.39 is 28.3 Å². The zero-order valence-electron chi connectivity index (χ0n) is 17.6. The quantitative estimate of drug-likeness (QED) is 0.527. The Bertz CT molecular complexity index is 1170. The number of carbonyl (C=O) groups is 1. The number of halogens is 1. The van der Waals surface area contributed by atoms with Crippen molar-refractivity contribution in [3.63, 3.8) is 0 Å². The third-order valence-corrected chi connectivity index (χ3v) is 6.36. The highest BCUT2D eigenvalue weighted by Crippen LogP contribution is 2.25. The smallest absolute Gasteiger partial charge is 0.264 e. The highest BCUT2D eigenvalue weighted by Gasteiger charge is 2.27. The van der Waals surface area contributed by atoms with Gasteiger partial charge in [0.1, 0.15) is 18.1 Å². The summed E-state index contributed by atoms with van der Waals surface area (Å²) in [7, 11) is -1.08. The van der Waals surface area contributed by atoms with Crippen LogP contribution in [0.15, 0.2) is 77.7 Å². The molecule has 0 unspecified atom stereocenters. The lowest BCUT2D eigenvalue weighted by Crippen LogP contribution is -2.38. The van der Waals surface area contributed by atoms with E-state index in [1.807, 2.05) is 6.07 Å². The summed E-state index contributed by atoms with van der Waals surface area (Å²) in [5, 5.41) is 2.70. The number of carbonyl (C=O) groups excluding carboxylic acids is 1. The van der Waals surface area contributed by atoms with Crippen molar-refractivity contribution in [3.8, 4) is 5.75 Å². The number of amides is 1. The van der Waals surface area contributed by atoms with Crippen molar-refractivity contribution < 1.29 is 27.1 Å². The standard InChI is InChI=1S/C23H23FN2O5S/c1-30-16-17-4-3-5-19(14-17)25-23(27)15-26(20-8-6-18(24)7-9-20)32(28,29)22-12-10-21(31-2)11-13-22/h3-14H,15-16H2,1-2H3,(H,25,27). The Morgan fingerprint density at radius 3 is 2.31 bits per heavy atom. The summed E-state index contributed by atoms with van der Waals surface area (Å²) >= 11 is 0. The number of rotatable bonds is 9. The average Bonchev–Trinajstić information content (AvgIpc) is 2.78. The predicted molar refractivity (Wildman–Crippen MR) is 120 cm³/mol. The maximum absolute atomic E-state index is 13.4. The van der Waals surface area contributed by atoms with Crippen molar-refractivity contribution in [2.24, 2.45) is 0 Å². The maximum atomic E-state index is 13.4. The molecule has 0 heterocycles. The SMILES string of the molecule is COCc1cccc(NC(=O)CN(c2ccc(F)cc2)S(=O)(=O)c2ccc(OC)cc2)c1. The molecule has 0 aliphatic heterocycles. The number of nitrogens with one attached hydrogen (secondary N) is 1. The molecular weight excluding hydrogens is 435 g/mol. The molecule has 3 aromatic rings. The summed E-state index contributed by atoms with van der Waals surface area (Å²) in [6.45, 7) is -0.133. The van der Waals surface area contributed by atoms with Crippen LogP contribution in [-0.4, -0.2) is 35.1 Å². The molecule has 0 spiro atoms. The number of anilines is 2. The number of hydrogen-bond acceptors (Lipinski definition) is 5. The van der Waals surface area contributed by atoms with Crippen molar-refractivity contribution >= 4 is 27.3 Å². The van der Waals surface area contributed by atoms with E-state index in [4.69, 9.17) is 9.47 Å². The molecule has 0 fully saturated rings. The van der Waals surface area contributed by atoms with Crippen molar-refractivity contribution in [2.75, 3.05) is 30.4 Å². The van der Waals surface area contributed by atoms with E-state index in [0.29, 0.717) is 18.0 Å². The zero-order valence-corrected chi connectivity index (χ0v) is 18.4. The lowest BCUT2D eigenvalue weighted by molar-refractivity contribution is -0.114. The van der Waals surface area contributed by atoms with Crippen molar-refractivity contribution in [1.82, 2.24) is 0 Å². The summed E-state index contributed by atoms with van der Waals surface area (Å²) in [6, 6.07) is 17.7. The third-order valence-electron chi connectivity index (χ3n) is 4.57. The number of sulfonamides is 1. The molecule has 0 saturated carbocycles. The number of nitrogens with zero attached hydrogens (tertiary/aromatic N) is 1. The fourth-order valence-electron chi connectivity index (χ4n) is 3.03. The minimum absolute atomic E-state index is 0.0301. The van der Waals surface area contributed by atoms with Crippen LogP contribution in [0.25, 0.3) is 0 Å². The van der Waals surface area contributed by atoms with E-state index in [1.165, 1.54) is 43.5 Å². The first kappa shape index (κ1) is 23.2. The molecule has 32 heavy (non-hydrogen) atoms. The van der Waals surface area contributed by atoms with Crippen LogP contribution in [0.5, 0.6) is 5.75 Å². The lowest BCUT2D eigenvalue weighted by Gasteiger charge is -2.24. The second kappa shape index (κ2) is 10.3. The first-order valence-electron chi connectivity index (χ1n) is 9.63. The molecule has 0 saturated heterocycles. The summed E-state index contributed by atoms with van der Waals surface area (Å²) in [5.74, 6) is -0.582. The van der Waals surface area contributed by atoms with E-state index in [2.05, 4.69) is 5.32 Å². The van der Waals surface area contributed by atoms with Crippen molar-refractivity contribution in [2.45, 2.75) is 11.5 Å². The number of hydrogen-bond donors (Lipinski definition) is 1. The molecule has 0 aliphatic carbocycles. The monoisotopic (exact) mass is 458 g/mol. The molecule has 1 amide bonds. The van der Waals surface area contributed by atoms with E-state index in [0.717, 1.165) is 22.0 Å². The maximum Gasteiger partial charge on any atom is 0.264 e. The molecule has 168 valence electrons. The van der Waals surface area contributed by atoms with Crippen LogP contribution in [-0.2, 0) is 26.2 Å². The Morgan fingerprint density at radius 1 is 1.00 bits per heavy atom. The van der Waals surface area contributed by atoms with E-state index in [-0.39, 0.29) is 10.6 Å². The second-order valence-electron chi connectivity index (χ2n) is 6.85. The van der Waals surface area contributed by atoms with Gasteiger partial charge in [-0.15, -0.1) is 0 Å². The zero-order chi connectivity index (χ0) is 23.1. The van der Waals surface area contributed by atoms with Gasteiger partial charge in [0, 0.05) is 12.8 Å². The van der Waals surface area contributed by atoms with Gasteiger partial charge in [-0.2, -0.15) is 0 Å². The van der Waals surface area contributed by atoms with Crippen LogP contribution in [0.4, 0.5) is 15.8 Å². The van der Waals surface area contributed by atoms with Crippen LogP contribution in [0, 0.1) is 5.82 Å². The normalized spacial score (nSPS) is 11.1. The van der Waals surface area contributed by atoms with E-state index in [1.54, 1.807) is 25.3 Å². The van der Waals surface area contributed by atoms with Gasteiger partial charge >= 0.3 is 0 Å². The van der Waals surface area contributed by atoms with Crippen LogP contribution in [0.1, 0.15) is 5.56 Å². The minimum Gasteiger partial charge on any atom is -0.497 e. The Balaban J connectivity index is 1.90.